The van der Waals surface area contributed by atoms with E-state index >= 15 is 0 Å². The van der Waals surface area contributed by atoms with Crippen LogP contribution in [0.25, 0.3) is 0 Å². The Labute approximate surface area is 140 Å². The van der Waals surface area contributed by atoms with Crippen LogP contribution in [0.1, 0.15) is 32.1 Å². The Hall–Kier alpha value is -0.210. The summed E-state index contributed by atoms with van der Waals surface area (Å²) >= 11 is 4.85. The van der Waals surface area contributed by atoms with Crippen molar-refractivity contribution in [3.8, 4) is 0 Å². The predicted molar refractivity (Wildman–Crippen MR) is 93.2 cm³/mol. The summed E-state index contributed by atoms with van der Waals surface area (Å²) in [5.74, 6) is 0. The van der Waals surface area contributed by atoms with Crippen LogP contribution in [0, 0.1) is 0 Å². The first-order valence-electron chi connectivity index (χ1n) is 6.95. The van der Waals surface area contributed by atoms with Gasteiger partial charge in [-0.05, 0) is 28.4 Å². The summed E-state index contributed by atoms with van der Waals surface area (Å²) < 4.78 is 27.6. The molecule has 0 amide bonds. The van der Waals surface area contributed by atoms with E-state index in [2.05, 4.69) is 41.7 Å². The van der Waals surface area contributed by atoms with Gasteiger partial charge in [-0.1, -0.05) is 26.8 Å². The molecule has 0 aliphatic carbocycles. The van der Waals surface area contributed by atoms with E-state index in [-0.39, 0.29) is 0 Å². The van der Waals surface area contributed by atoms with Crippen molar-refractivity contribution in [3.63, 3.8) is 0 Å². The lowest BCUT2D eigenvalue weighted by molar-refractivity contribution is 0.441. The van der Waals surface area contributed by atoms with Gasteiger partial charge in [0, 0.05) is 30.6 Å². The molecule has 0 saturated heterocycles. The molecule has 0 radical (unpaired) electrons. The summed E-state index contributed by atoms with van der Waals surface area (Å²) in [4.78, 5) is 1.35. The normalized spacial score (nSPS) is 12.3. The Bertz CT molecular complexity index is 568. The van der Waals surface area contributed by atoms with Gasteiger partial charge in [0.05, 0.1) is 3.79 Å². The second kappa shape index (κ2) is 8.43. The van der Waals surface area contributed by atoms with E-state index in [9.17, 15) is 8.42 Å². The molecule has 0 aliphatic rings. The average Bonchev–Trinajstić information content (AvgIpc) is 2.78. The summed E-state index contributed by atoms with van der Waals surface area (Å²) in [6.07, 6.45) is 2.39. The first-order chi connectivity index (χ1) is 9.82. The number of hydrogen-bond acceptors (Lipinski definition) is 4. The second-order valence-corrected chi connectivity index (χ2v) is 9.40. The maximum atomic E-state index is 12.7. The molecular weight excluding hydrogens is 372 g/mol. The topological polar surface area (TPSA) is 49.4 Å². The molecule has 0 spiro atoms. The van der Waals surface area contributed by atoms with Gasteiger partial charge in [0.2, 0.25) is 10.0 Å². The van der Waals surface area contributed by atoms with Crippen LogP contribution in [-0.2, 0) is 16.6 Å². The van der Waals surface area contributed by atoms with Gasteiger partial charge >= 0.3 is 0 Å². The quantitative estimate of drug-likeness (QED) is 0.650. The van der Waals surface area contributed by atoms with Gasteiger partial charge in [0.1, 0.15) is 4.90 Å². The Morgan fingerprint density at radius 3 is 2.71 bits per heavy atom. The van der Waals surface area contributed by atoms with E-state index in [1.165, 1.54) is 15.6 Å². The standard InChI is InChI=1S/C14H23BrN2O2S2/c1-5-7-17(8-6-2)21(18,19)13-9-12(20-14(13)15)10-16-11(3)4/h5,9,11,16H,1,6-8,10H2,2-4H3. The maximum Gasteiger partial charge on any atom is 0.245 e. The molecule has 0 atom stereocenters. The molecule has 0 bridgehead atoms. The number of halogens is 1. The molecule has 0 aromatic carbocycles. The number of thiophene rings is 1. The van der Waals surface area contributed by atoms with Crippen molar-refractivity contribution in [3.05, 3.63) is 27.4 Å². The SMILES string of the molecule is C=CCN(CCC)S(=O)(=O)c1cc(CNC(C)C)sc1Br. The highest BCUT2D eigenvalue weighted by Gasteiger charge is 2.27. The molecule has 0 unspecified atom stereocenters. The molecule has 1 aromatic rings. The zero-order valence-electron chi connectivity index (χ0n) is 12.7. The summed E-state index contributed by atoms with van der Waals surface area (Å²) in [5, 5.41) is 3.30. The Kier molecular flexibility index (Phi) is 7.56. The van der Waals surface area contributed by atoms with Gasteiger partial charge in [-0.2, -0.15) is 4.31 Å². The predicted octanol–water partition coefficient (Wildman–Crippen LogP) is 3.60. The smallest absolute Gasteiger partial charge is 0.245 e. The van der Waals surface area contributed by atoms with Gasteiger partial charge in [-0.25, -0.2) is 8.42 Å². The van der Waals surface area contributed by atoms with Crippen molar-refractivity contribution >= 4 is 37.3 Å². The molecule has 120 valence electrons. The van der Waals surface area contributed by atoms with E-state index in [1.807, 2.05) is 6.92 Å². The molecule has 1 aromatic heterocycles. The molecule has 1 rings (SSSR count). The molecule has 4 nitrogen and oxygen atoms in total. The van der Waals surface area contributed by atoms with Crippen LogP contribution < -0.4 is 5.32 Å². The highest BCUT2D eigenvalue weighted by Crippen LogP contribution is 2.33. The van der Waals surface area contributed by atoms with Gasteiger partial charge < -0.3 is 5.32 Å². The molecule has 1 N–H and O–H groups in total. The molecule has 1 heterocycles. The van der Waals surface area contributed by atoms with E-state index in [0.29, 0.717) is 34.4 Å². The van der Waals surface area contributed by atoms with Gasteiger partial charge in [0.15, 0.2) is 0 Å². The van der Waals surface area contributed by atoms with Crippen LogP contribution in [-0.4, -0.2) is 31.9 Å². The van der Waals surface area contributed by atoms with Crippen LogP contribution >= 0.6 is 27.3 Å². The molecular formula is C14H23BrN2O2S2. The average molecular weight is 395 g/mol. The summed E-state index contributed by atoms with van der Waals surface area (Å²) in [7, 11) is -3.48. The zero-order chi connectivity index (χ0) is 16.0. The van der Waals surface area contributed by atoms with E-state index in [0.717, 1.165) is 11.3 Å². The minimum absolute atomic E-state index is 0.331. The largest absolute Gasteiger partial charge is 0.310 e. The van der Waals surface area contributed by atoms with Gasteiger partial charge in [-0.3, -0.25) is 0 Å². The summed E-state index contributed by atoms with van der Waals surface area (Å²) in [6, 6.07) is 2.12. The maximum absolute atomic E-state index is 12.7. The minimum atomic E-state index is -3.48. The first kappa shape index (κ1) is 18.8. The highest BCUT2D eigenvalue weighted by atomic mass is 79.9. The van der Waals surface area contributed by atoms with Crippen LogP contribution in [0.4, 0.5) is 0 Å². The Morgan fingerprint density at radius 2 is 2.19 bits per heavy atom. The van der Waals surface area contributed by atoms with Gasteiger partial charge in [0.25, 0.3) is 0 Å². The van der Waals surface area contributed by atoms with E-state index in [1.54, 1.807) is 12.1 Å². The van der Waals surface area contributed by atoms with Crippen molar-refractivity contribution in [2.45, 2.75) is 44.7 Å². The van der Waals surface area contributed by atoms with Crippen molar-refractivity contribution in [2.24, 2.45) is 0 Å². The lowest BCUT2D eigenvalue weighted by atomic mass is 10.4. The Morgan fingerprint density at radius 1 is 1.52 bits per heavy atom. The third-order valence-electron chi connectivity index (χ3n) is 2.81. The number of rotatable bonds is 9. The fourth-order valence-corrected chi connectivity index (χ4v) is 5.89. The van der Waals surface area contributed by atoms with Crippen LogP contribution in [0.3, 0.4) is 0 Å². The highest BCUT2D eigenvalue weighted by molar-refractivity contribution is 9.11. The fraction of sp³-hybridized carbons (Fsp3) is 0.571. The van der Waals surface area contributed by atoms with Crippen LogP contribution in [0.15, 0.2) is 27.4 Å². The summed E-state index contributed by atoms with van der Waals surface area (Å²) in [6.45, 7) is 11.2. The molecule has 7 heteroatoms. The number of sulfonamides is 1. The second-order valence-electron chi connectivity index (χ2n) is 5.04. The zero-order valence-corrected chi connectivity index (χ0v) is 15.9. The van der Waals surface area contributed by atoms with Crippen LogP contribution in [0.5, 0.6) is 0 Å². The third-order valence-corrected chi connectivity index (χ3v) is 6.93. The molecule has 0 fully saturated rings. The van der Waals surface area contributed by atoms with Crippen molar-refractivity contribution in [1.82, 2.24) is 9.62 Å². The molecule has 0 aliphatic heterocycles. The summed E-state index contributed by atoms with van der Waals surface area (Å²) in [5.41, 5.74) is 0. The van der Waals surface area contributed by atoms with Crippen molar-refractivity contribution in [1.29, 1.82) is 0 Å². The Balaban J connectivity index is 3.04. The molecule has 0 saturated carbocycles. The number of nitrogens with one attached hydrogen (secondary N) is 1. The first-order valence-corrected chi connectivity index (χ1v) is 10.0. The van der Waals surface area contributed by atoms with E-state index < -0.39 is 10.0 Å². The van der Waals surface area contributed by atoms with Gasteiger partial charge in [-0.15, -0.1) is 17.9 Å². The molecule has 21 heavy (non-hydrogen) atoms. The lowest BCUT2D eigenvalue weighted by Gasteiger charge is -2.19. The number of nitrogens with zero attached hydrogens (tertiary/aromatic N) is 1. The van der Waals surface area contributed by atoms with E-state index in [4.69, 9.17) is 0 Å². The lowest BCUT2D eigenvalue weighted by Crippen LogP contribution is -2.32. The van der Waals surface area contributed by atoms with Crippen molar-refractivity contribution < 1.29 is 8.42 Å². The monoisotopic (exact) mass is 394 g/mol. The minimum Gasteiger partial charge on any atom is -0.310 e. The number of hydrogen-bond donors (Lipinski definition) is 1. The fourth-order valence-electron chi connectivity index (χ4n) is 1.81. The third kappa shape index (κ3) is 5.17. The van der Waals surface area contributed by atoms with Crippen LogP contribution in [0.2, 0.25) is 0 Å². The van der Waals surface area contributed by atoms with Crippen molar-refractivity contribution in [2.75, 3.05) is 13.1 Å².